The lowest BCUT2D eigenvalue weighted by Gasteiger charge is -2.39. The quantitative estimate of drug-likeness (QED) is 0.364. The second kappa shape index (κ2) is 8.80. The van der Waals surface area contributed by atoms with Crippen LogP contribution in [0.2, 0.25) is 5.02 Å². The molecule has 8 nitrogen and oxygen atoms in total. The van der Waals surface area contributed by atoms with Crippen LogP contribution in [0, 0.1) is 16.0 Å². The molecule has 186 valence electrons. The van der Waals surface area contributed by atoms with Crippen LogP contribution in [0.5, 0.6) is 0 Å². The largest absolute Gasteiger partial charge is 0.417 e. The molecule has 12 heteroatoms. The fourth-order valence-electron chi connectivity index (χ4n) is 4.56. The second-order valence-electron chi connectivity index (χ2n) is 8.81. The molecule has 2 saturated heterocycles. The number of aliphatic hydroxyl groups is 1. The minimum Gasteiger partial charge on any atom is -0.385 e. The van der Waals surface area contributed by atoms with Crippen molar-refractivity contribution in [1.82, 2.24) is 0 Å². The molecule has 0 bridgehead atoms. The lowest BCUT2D eigenvalue weighted by molar-refractivity contribution is -0.384. The van der Waals surface area contributed by atoms with Crippen LogP contribution in [0.15, 0.2) is 36.4 Å². The van der Waals surface area contributed by atoms with E-state index in [2.05, 4.69) is 0 Å². The number of anilines is 2. The topological polar surface area (TPSA) is 104 Å². The Morgan fingerprint density at radius 2 is 1.80 bits per heavy atom. The van der Waals surface area contributed by atoms with Crippen LogP contribution in [0.1, 0.15) is 37.3 Å². The molecule has 0 spiro atoms. The molecule has 2 amide bonds. The molecule has 0 unspecified atom stereocenters. The molecule has 2 aliphatic heterocycles. The van der Waals surface area contributed by atoms with E-state index in [-0.39, 0.29) is 55.0 Å². The molecule has 0 aromatic heterocycles. The molecule has 0 saturated carbocycles. The Hall–Kier alpha value is -3.18. The van der Waals surface area contributed by atoms with Crippen molar-refractivity contribution in [1.29, 1.82) is 0 Å². The Morgan fingerprint density at radius 3 is 2.34 bits per heavy atom. The Labute approximate surface area is 203 Å². The van der Waals surface area contributed by atoms with Crippen molar-refractivity contribution in [3.63, 3.8) is 0 Å². The van der Waals surface area contributed by atoms with Crippen LogP contribution in [-0.4, -0.2) is 34.9 Å². The van der Waals surface area contributed by atoms with E-state index in [1.807, 2.05) is 0 Å². The molecular weight excluding hydrogens is 491 g/mol. The number of imide groups is 1. The first-order valence-electron chi connectivity index (χ1n) is 10.8. The maximum absolute atomic E-state index is 13.3. The van der Waals surface area contributed by atoms with Gasteiger partial charge in [0.15, 0.2) is 0 Å². The van der Waals surface area contributed by atoms with E-state index in [1.54, 1.807) is 11.8 Å². The van der Waals surface area contributed by atoms with E-state index in [4.69, 9.17) is 11.6 Å². The number of hydrogen-bond acceptors (Lipinski definition) is 6. The van der Waals surface area contributed by atoms with E-state index in [1.165, 1.54) is 24.3 Å². The van der Waals surface area contributed by atoms with Crippen LogP contribution in [0.25, 0.3) is 0 Å². The van der Waals surface area contributed by atoms with Gasteiger partial charge in [-0.05, 0) is 42.7 Å². The highest BCUT2D eigenvalue weighted by Crippen LogP contribution is 2.42. The lowest BCUT2D eigenvalue weighted by atomic mass is 9.83. The number of benzene rings is 2. The van der Waals surface area contributed by atoms with Crippen molar-refractivity contribution in [2.75, 3.05) is 22.9 Å². The number of piperidine rings is 1. The average Bonchev–Trinajstić information content (AvgIpc) is 3.04. The summed E-state index contributed by atoms with van der Waals surface area (Å²) in [6.07, 6.45) is -4.61. The zero-order valence-corrected chi connectivity index (χ0v) is 19.3. The highest BCUT2D eigenvalue weighted by atomic mass is 35.5. The fraction of sp³-hybridized carbons (Fsp3) is 0.391. The summed E-state index contributed by atoms with van der Waals surface area (Å²) in [6, 6.07) is 7.32. The number of carbonyl (C=O) groups is 2. The minimum atomic E-state index is -4.68. The first kappa shape index (κ1) is 24.9. The summed E-state index contributed by atoms with van der Waals surface area (Å²) in [7, 11) is 0. The van der Waals surface area contributed by atoms with Crippen molar-refractivity contribution >= 4 is 40.5 Å². The fourth-order valence-corrected chi connectivity index (χ4v) is 4.78. The molecule has 2 aromatic rings. The summed E-state index contributed by atoms with van der Waals surface area (Å²) in [6.45, 7) is 1.86. The van der Waals surface area contributed by atoms with Gasteiger partial charge in [0, 0.05) is 31.5 Å². The van der Waals surface area contributed by atoms with Crippen molar-refractivity contribution in [3.8, 4) is 0 Å². The molecular formula is C23H21ClF3N3O5. The molecule has 1 N–H and O–H groups in total. The van der Waals surface area contributed by atoms with Crippen LogP contribution in [0.3, 0.4) is 0 Å². The summed E-state index contributed by atoms with van der Waals surface area (Å²) >= 11 is 5.68. The zero-order chi connectivity index (χ0) is 25.7. The standard InChI is InChI=1S/C23H21ClF3N3O5/c1-13-10-20(31)29(21(13)32)15-3-5-18(19(12-15)30(34)35)28-8-6-22(33,7-9-28)14-2-4-17(24)16(11-14)23(25,26)27/h2-5,11-13,33H,6-10H2,1H3/t13-/m1/s1. The molecule has 1 atom stereocenters. The number of halogens is 4. The van der Waals surface area contributed by atoms with Crippen molar-refractivity contribution in [3.05, 3.63) is 62.7 Å². The van der Waals surface area contributed by atoms with Gasteiger partial charge in [0.25, 0.3) is 5.69 Å². The number of nitro benzene ring substituents is 1. The van der Waals surface area contributed by atoms with Gasteiger partial charge in [0.1, 0.15) is 5.69 Å². The molecule has 2 aromatic carbocycles. The summed E-state index contributed by atoms with van der Waals surface area (Å²) in [4.78, 5) is 38.3. The van der Waals surface area contributed by atoms with Gasteiger partial charge >= 0.3 is 6.18 Å². The first-order valence-corrected chi connectivity index (χ1v) is 11.2. The molecule has 4 rings (SSSR count). The minimum absolute atomic E-state index is 0.0193. The number of carbonyl (C=O) groups excluding carboxylic acids is 2. The first-order chi connectivity index (χ1) is 16.3. The molecule has 35 heavy (non-hydrogen) atoms. The number of alkyl halides is 3. The van der Waals surface area contributed by atoms with E-state index in [0.29, 0.717) is 0 Å². The van der Waals surface area contributed by atoms with Crippen molar-refractivity contribution in [2.24, 2.45) is 5.92 Å². The highest BCUT2D eigenvalue weighted by molar-refractivity contribution is 6.31. The zero-order valence-electron chi connectivity index (χ0n) is 18.5. The predicted octanol–water partition coefficient (Wildman–Crippen LogP) is 4.65. The second-order valence-corrected chi connectivity index (χ2v) is 9.22. The van der Waals surface area contributed by atoms with Gasteiger partial charge < -0.3 is 10.0 Å². The van der Waals surface area contributed by atoms with Crippen LogP contribution in [-0.2, 0) is 21.4 Å². The number of hydrogen-bond donors (Lipinski definition) is 1. The smallest absolute Gasteiger partial charge is 0.385 e. The van der Waals surface area contributed by atoms with E-state index in [9.17, 15) is 38.0 Å². The van der Waals surface area contributed by atoms with Gasteiger partial charge in [-0.25, -0.2) is 0 Å². The highest BCUT2D eigenvalue weighted by Gasteiger charge is 2.40. The maximum Gasteiger partial charge on any atom is 0.417 e. The molecule has 2 aliphatic rings. The van der Waals surface area contributed by atoms with Gasteiger partial charge in [0.05, 0.1) is 26.8 Å². The predicted molar refractivity (Wildman–Crippen MR) is 121 cm³/mol. The molecule has 2 heterocycles. The monoisotopic (exact) mass is 511 g/mol. The Bertz CT molecular complexity index is 1210. The molecule has 2 fully saturated rings. The van der Waals surface area contributed by atoms with Crippen LogP contribution in [0.4, 0.5) is 30.2 Å². The van der Waals surface area contributed by atoms with E-state index < -0.39 is 45.0 Å². The lowest BCUT2D eigenvalue weighted by Crippen LogP contribution is -2.43. The molecule has 0 aliphatic carbocycles. The SMILES string of the molecule is C[C@@H]1CC(=O)N(c2ccc(N3CCC(O)(c4ccc(Cl)c(C(F)(F)F)c4)CC3)c([N+](=O)[O-])c2)C1=O. The number of nitrogens with zero attached hydrogens (tertiary/aromatic N) is 3. The normalized spacial score (nSPS) is 20.5. The Morgan fingerprint density at radius 1 is 1.14 bits per heavy atom. The summed E-state index contributed by atoms with van der Waals surface area (Å²) in [5.74, 6) is -1.37. The number of rotatable bonds is 4. The molecule has 0 radical (unpaired) electrons. The average molecular weight is 512 g/mol. The number of nitro groups is 1. The summed E-state index contributed by atoms with van der Waals surface area (Å²) < 4.78 is 39.8. The van der Waals surface area contributed by atoms with Crippen molar-refractivity contribution in [2.45, 2.75) is 38.0 Å². The third kappa shape index (κ3) is 4.57. The van der Waals surface area contributed by atoms with Gasteiger partial charge in [0.2, 0.25) is 11.8 Å². The van der Waals surface area contributed by atoms with Crippen molar-refractivity contribution < 1.29 is 32.8 Å². The Balaban J connectivity index is 1.58. The summed E-state index contributed by atoms with van der Waals surface area (Å²) in [5.41, 5.74) is -2.54. The van der Waals surface area contributed by atoms with E-state index >= 15 is 0 Å². The maximum atomic E-state index is 13.3. The third-order valence-electron chi connectivity index (χ3n) is 6.53. The van der Waals surface area contributed by atoms with Crippen LogP contribution >= 0.6 is 11.6 Å². The van der Waals surface area contributed by atoms with Gasteiger partial charge in [-0.2, -0.15) is 13.2 Å². The third-order valence-corrected chi connectivity index (χ3v) is 6.86. The summed E-state index contributed by atoms with van der Waals surface area (Å²) in [5, 5.41) is 22.4. The van der Waals surface area contributed by atoms with E-state index in [0.717, 1.165) is 17.0 Å². The van der Waals surface area contributed by atoms with Gasteiger partial charge in [-0.15, -0.1) is 0 Å². The van der Waals surface area contributed by atoms with Crippen LogP contribution < -0.4 is 9.80 Å². The van der Waals surface area contributed by atoms with Gasteiger partial charge in [-0.3, -0.25) is 24.6 Å². The number of amides is 2. The Kier molecular flexibility index (Phi) is 6.26. The van der Waals surface area contributed by atoms with Gasteiger partial charge in [-0.1, -0.05) is 24.6 Å².